The van der Waals surface area contributed by atoms with Crippen LogP contribution < -0.4 is 5.32 Å². The molecule has 1 aliphatic rings. The van der Waals surface area contributed by atoms with Crippen molar-refractivity contribution in [3.8, 4) is 0 Å². The smallest absolute Gasteiger partial charge is 0.124 e. The van der Waals surface area contributed by atoms with Crippen LogP contribution in [0.4, 0.5) is 5.82 Å². The van der Waals surface area contributed by atoms with Crippen LogP contribution in [0.3, 0.4) is 0 Å². The van der Waals surface area contributed by atoms with Crippen LogP contribution in [0.2, 0.25) is 0 Å². The number of aryl methyl sites for hydroxylation is 1. The van der Waals surface area contributed by atoms with Gasteiger partial charge in [0.25, 0.3) is 0 Å². The molecular formula is C13H23N3. The first-order chi connectivity index (χ1) is 7.79. The van der Waals surface area contributed by atoms with Crippen LogP contribution in [0.1, 0.15) is 46.0 Å². The van der Waals surface area contributed by atoms with Crippen molar-refractivity contribution in [1.29, 1.82) is 0 Å². The number of nitrogens with one attached hydrogen (secondary N) is 1. The number of anilines is 1. The van der Waals surface area contributed by atoms with E-state index in [1.807, 2.05) is 6.20 Å². The Morgan fingerprint density at radius 3 is 2.81 bits per heavy atom. The summed E-state index contributed by atoms with van der Waals surface area (Å²) in [6.45, 7) is 5.56. The molecule has 3 nitrogen and oxygen atoms in total. The highest BCUT2D eigenvalue weighted by Crippen LogP contribution is 2.25. The van der Waals surface area contributed by atoms with Gasteiger partial charge in [0, 0.05) is 18.7 Å². The fraction of sp³-hybridized carbons (Fsp3) is 0.769. The Morgan fingerprint density at radius 2 is 2.12 bits per heavy atom. The number of hydrogen-bond acceptors (Lipinski definition) is 2. The molecule has 0 spiro atoms. The molecule has 16 heavy (non-hydrogen) atoms. The Labute approximate surface area is 98.2 Å². The van der Waals surface area contributed by atoms with Crippen molar-refractivity contribution >= 4 is 5.82 Å². The monoisotopic (exact) mass is 221 g/mol. The number of hydrogen-bond donors (Lipinski definition) is 1. The Morgan fingerprint density at radius 1 is 1.38 bits per heavy atom. The van der Waals surface area contributed by atoms with Crippen LogP contribution in [-0.2, 0) is 6.54 Å². The van der Waals surface area contributed by atoms with Gasteiger partial charge in [0.1, 0.15) is 5.82 Å². The quantitative estimate of drug-likeness (QED) is 0.845. The Balaban J connectivity index is 1.90. The largest absolute Gasteiger partial charge is 0.368 e. The minimum absolute atomic E-state index is 0.656. The standard InChI is InChI=1S/C13H23N3/c1-3-10-16-13(8-9-14-16)15-12-6-4-11(2)5-7-12/h8-9,11-12,15H,3-7,10H2,1-2H3. The summed E-state index contributed by atoms with van der Waals surface area (Å²) in [6, 6.07) is 2.75. The maximum atomic E-state index is 4.34. The van der Waals surface area contributed by atoms with Crippen molar-refractivity contribution < 1.29 is 0 Å². The predicted molar refractivity (Wildman–Crippen MR) is 67.6 cm³/mol. The van der Waals surface area contributed by atoms with Gasteiger partial charge in [-0.3, -0.25) is 0 Å². The van der Waals surface area contributed by atoms with Gasteiger partial charge in [-0.2, -0.15) is 5.10 Å². The van der Waals surface area contributed by atoms with E-state index in [9.17, 15) is 0 Å². The van der Waals surface area contributed by atoms with Gasteiger partial charge in [-0.1, -0.05) is 13.8 Å². The molecule has 1 N–H and O–H groups in total. The van der Waals surface area contributed by atoms with Crippen LogP contribution in [0.15, 0.2) is 12.3 Å². The van der Waals surface area contributed by atoms with Crippen molar-refractivity contribution in [3.63, 3.8) is 0 Å². The second kappa shape index (κ2) is 5.37. The van der Waals surface area contributed by atoms with Crippen LogP contribution in [0.25, 0.3) is 0 Å². The number of aromatic nitrogens is 2. The van der Waals surface area contributed by atoms with E-state index >= 15 is 0 Å². The molecule has 0 aliphatic heterocycles. The lowest BCUT2D eigenvalue weighted by atomic mass is 9.87. The van der Waals surface area contributed by atoms with Gasteiger partial charge in [0.15, 0.2) is 0 Å². The van der Waals surface area contributed by atoms with E-state index in [1.165, 1.54) is 31.5 Å². The van der Waals surface area contributed by atoms with Crippen molar-refractivity contribution in [2.75, 3.05) is 5.32 Å². The highest BCUT2D eigenvalue weighted by molar-refractivity contribution is 5.35. The highest BCUT2D eigenvalue weighted by atomic mass is 15.3. The first kappa shape index (κ1) is 11.5. The summed E-state index contributed by atoms with van der Waals surface area (Å²) in [5.41, 5.74) is 0. The normalized spacial score (nSPS) is 25.6. The topological polar surface area (TPSA) is 29.9 Å². The van der Waals surface area contributed by atoms with Gasteiger partial charge < -0.3 is 5.32 Å². The molecule has 1 aromatic rings. The van der Waals surface area contributed by atoms with Crippen molar-refractivity contribution in [1.82, 2.24) is 9.78 Å². The zero-order chi connectivity index (χ0) is 11.4. The van der Waals surface area contributed by atoms with Crippen LogP contribution in [0.5, 0.6) is 0 Å². The molecule has 0 atom stereocenters. The van der Waals surface area contributed by atoms with Crippen LogP contribution in [-0.4, -0.2) is 15.8 Å². The van der Waals surface area contributed by atoms with Gasteiger partial charge in [0.05, 0.1) is 6.20 Å². The molecule has 1 saturated carbocycles. The first-order valence-corrected chi connectivity index (χ1v) is 6.58. The van der Waals surface area contributed by atoms with Gasteiger partial charge in [-0.05, 0) is 38.0 Å². The number of nitrogens with zero attached hydrogens (tertiary/aromatic N) is 2. The summed E-state index contributed by atoms with van der Waals surface area (Å²) in [5.74, 6) is 2.11. The second-order valence-corrected chi connectivity index (χ2v) is 5.04. The highest BCUT2D eigenvalue weighted by Gasteiger charge is 2.18. The lowest BCUT2D eigenvalue weighted by Gasteiger charge is -2.27. The van der Waals surface area contributed by atoms with Gasteiger partial charge in [-0.25, -0.2) is 4.68 Å². The zero-order valence-electron chi connectivity index (χ0n) is 10.4. The molecular weight excluding hydrogens is 198 g/mol. The zero-order valence-corrected chi connectivity index (χ0v) is 10.4. The molecule has 3 heteroatoms. The summed E-state index contributed by atoms with van der Waals surface area (Å²) in [4.78, 5) is 0. The fourth-order valence-electron chi connectivity index (χ4n) is 2.46. The van der Waals surface area contributed by atoms with Crippen LogP contribution >= 0.6 is 0 Å². The molecule has 0 aromatic carbocycles. The minimum Gasteiger partial charge on any atom is -0.368 e. The van der Waals surface area contributed by atoms with E-state index < -0.39 is 0 Å². The third kappa shape index (κ3) is 2.77. The molecule has 90 valence electrons. The molecule has 2 rings (SSSR count). The average molecular weight is 221 g/mol. The van der Waals surface area contributed by atoms with Crippen LogP contribution in [0, 0.1) is 5.92 Å². The molecule has 0 radical (unpaired) electrons. The lowest BCUT2D eigenvalue weighted by Crippen LogP contribution is -2.26. The Bertz CT molecular complexity index is 311. The average Bonchev–Trinajstić information content (AvgIpc) is 2.70. The van der Waals surface area contributed by atoms with Crippen molar-refractivity contribution in [3.05, 3.63) is 12.3 Å². The van der Waals surface area contributed by atoms with E-state index in [0.29, 0.717) is 6.04 Å². The molecule has 1 fully saturated rings. The number of rotatable bonds is 4. The van der Waals surface area contributed by atoms with E-state index in [-0.39, 0.29) is 0 Å². The summed E-state index contributed by atoms with van der Waals surface area (Å²) in [6.07, 6.45) is 8.36. The summed E-state index contributed by atoms with van der Waals surface area (Å²) in [5, 5.41) is 7.98. The maximum Gasteiger partial charge on any atom is 0.124 e. The molecule has 1 aromatic heterocycles. The molecule has 0 unspecified atom stereocenters. The van der Waals surface area contributed by atoms with E-state index in [0.717, 1.165) is 18.9 Å². The molecule has 0 saturated heterocycles. The maximum absolute atomic E-state index is 4.34. The predicted octanol–water partition coefficient (Wildman–Crippen LogP) is 3.28. The summed E-state index contributed by atoms with van der Waals surface area (Å²) >= 11 is 0. The molecule has 1 aliphatic carbocycles. The molecule has 0 bridgehead atoms. The molecule has 0 amide bonds. The summed E-state index contributed by atoms with van der Waals surface area (Å²) in [7, 11) is 0. The lowest BCUT2D eigenvalue weighted by molar-refractivity contribution is 0.359. The Hall–Kier alpha value is -0.990. The Kier molecular flexibility index (Phi) is 3.86. The third-order valence-corrected chi connectivity index (χ3v) is 3.52. The van der Waals surface area contributed by atoms with E-state index in [2.05, 4.69) is 35.0 Å². The fourth-order valence-corrected chi connectivity index (χ4v) is 2.46. The van der Waals surface area contributed by atoms with Gasteiger partial charge >= 0.3 is 0 Å². The van der Waals surface area contributed by atoms with Gasteiger partial charge in [0.2, 0.25) is 0 Å². The minimum atomic E-state index is 0.656. The van der Waals surface area contributed by atoms with Gasteiger partial charge in [-0.15, -0.1) is 0 Å². The van der Waals surface area contributed by atoms with Crippen molar-refractivity contribution in [2.45, 2.75) is 58.5 Å². The second-order valence-electron chi connectivity index (χ2n) is 5.04. The first-order valence-electron chi connectivity index (χ1n) is 6.58. The van der Waals surface area contributed by atoms with E-state index in [4.69, 9.17) is 0 Å². The third-order valence-electron chi connectivity index (χ3n) is 3.52. The van der Waals surface area contributed by atoms with E-state index in [1.54, 1.807) is 0 Å². The summed E-state index contributed by atoms with van der Waals surface area (Å²) < 4.78 is 2.08. The van der Waals surface area contributed by atoms with Crippen molar-refractivity contribution in [2.24, 2.45) is 5.92 Å². The SMILES string of the molecule is CCCn1nccc1NC1CCC(C)CC1. The molecule has 1 heterocycles.